The zero-order valence-electron chi connectivity index (χ0n) is 9.24. The molecular formula is C10H16ClN3OS. The maximum atomic E-state index is 8.61. The molecule has 0 amide bonds. The van der Waals surface area contributed by atoms with Crippen LogP contribution in [0.25, 0.3) is 0 Å². The molecule has 2 N–H and O–H groups in total. The number of anilines is 1. The predicted octanol–water partition coefficient (Wildman–Crippen LogP) is 1.97. The average molecular weight is 262 g/mol. The molecule has 0 aliphatic rings. The maximum Gasteiger partial charge on any atom is 0.137 e. The summed E-state index contributed by atoms with van der Waals surface area (Å²) in [5.74, 6) is 2.77. The molecule has 1 aromatic rings. The molecule has 0 spiro atoms. The van der Waals surface area contributed by atoms with E-state index in [0.717, 1.165) is 35.9 Å². The second-order valence-corrected chi connectivity index (χ2v) is 4.84. The molecule has 0 unspecified atom stereocenters. The molecule has 90 valence electrons. The molecule has 0 saturated carbocycles. The van der Waals surface area contributed by atoms with Crippen LogP contribution in [0.3, 0.4) is 0 Å². The van der Waals surface area contributed by atoms with Crippen molar-refractivity contribution in [2.45, 2.75) is 13.3 Å². The van der Waals surface area contributed by atoms with Gasteiger partial charge in [0.2, 0.25) is 0 Å². The number of nitrogens with zero attached hydrogens (tertiary/aromatic N) is 2. The first kappa shape index (κ1) is 13.5. The third-order valence-electron chi connectivity index (χ3n) is 2.01. The molecule has 0 radical (unpaired) electrons. The van der Waals surface area contributed by atoms with E-state index in [9.17, 15) is 0 Å². The average Bonchev–Trinajstić information content (AvgIpc) is 2.29. The smallest absolute Gasteiger partial charge is 0.137 e. The summed E-state index contributed by atoms with van der Waals surface area (Å²) in [4.78, 5) is 8.01. The van der Waals surface area contributed by atoms with Crippen LogP contribution in [0.2, 0.25) is 5.15 Å². The molecule has 1 rings (SSSR count). The SMILES string of the molecule is Cc1c(Cl)ncnc1NCCSCCCO. The Labute approximate surface area is 105 Å². The Hall–Kier alpha value is -0.520. The van der Waals surface area contributed by atoms with E-state index in [1.54, 1.807) is 0 Å². The summed E-state index contributed by atoms with van der Waals surface area (Å²) >= 11 is 7.68. The first-order valence-corrected chi connectivity index (χ1v) is 6.68. The highest BCUT2D eigenvalue weighted by atomic mass is 35.5. The Bertz CT molecular complexity index is 325. The number of hydrogen-bond acceptors (Lipinski definition) is 5. The van der Waals surface area contributed by atoms with Crippen molar-refractivity contribution in [3.63, 3.8) is 0 Å². The van der Waals surface area contributed by atoms with E-state index in [-0.39, 0.29) is 6.61 Å². The van der Waals surface area contributed by atoms with Gasteiger partial charge in [0.25, 0.3) is 0 Å². The minimum Gasteiger partial charge on any atom is -0.396 e. The van der Waals surface area contributed by atoms with Gasteiger partial charge in [-0.25, -0.2) is 9.97 Å². The van der Waals surface area contributed by atoms with Crippen molar-refractivity contribution < 1.29 is 5.11 Å². The Morgan fingerprint density at radius 1 is 1.44 bits per heavy atom. The first-order chi connectivity index (χ1) is 7.75. The lowest BCUT2D eigenvalue weighted by molar-refractivity contribution is 0.296. The molecule has 0 aliphatic heterocycles. The van der Waals surface area contributed by atoms with Gasteiger partial charge in [0.15, 0.2) is 0 Å². The second kappa shape index (κ2) is 7.70. The Kier molecular flexibility index (Phi) is 6.52. The van der Waals surface area contributed by atoms with E-state index in [2.05, 4.69) is 15.3 Å². The lowest BCUT2D eigenvalue weighted by atomic mass is 10.3. The number of halogens is 1. The minimum absolute atomic E-state index is 0.265. The Balaban J connectivity index is 2.24. The summed E-state index contributed by atoms with van der Waals surface area (Å²) < 4.78 is 0. The number of aliphatic hydroxyl groups excluding tert-OH is 1. The van der Waals surface area contributed by atoms with Crippen molar-refractivity contribution in [3.05, 3.63) is 17.0 Å². The number of hydrogen-bond donors (Lipinski definition) is 2. The third kappa shape index (κ3) is 4.55. The molecule has 0 fully saturated rings. The molecule has 1 heterocycles. The van der Waals surface area contributed by atoms with Gasteiger partial charge in [0.1, 0.15) is 17.3 Å². The first-order valence-electron chi connectivity index (χ1n) is 5.15. The van der Waals surface area contributed by atoms with Crippen LogP contribution < -0.4 is 5.32 Å². The molecule has 0 aromatic carbocycles. The van der Waals surface area contributed by atoms with Crippen LogP contribution >= 0.6 is 23.4 Å². The standard InChI is InChI=1S/C10H16ClN3OS/c1-8-9(11)13-7-14-10(8)12-3-6-16-5-2-4-15/h7,15H,2-6H2,1H3,(H,12,13,14). The van der Waals surface area contributed by atoms with Gasteiger partial charge in [0.05, 0.1) is 0 Å². The summed E-state index contributed by atoms with van der Waals surface area (Å²) in [6.45, 7) is 2.99. The Morgan fingerprint density at radius 2 is 2.25 bits per heavy atom. The molecular weight excluding hydrogens is 246 g/mol. The summed E-state index contributed by atoms with van der Waals surface area (Å²) in [7, 11) is 0. The zero-order valence-corrected chi connectivity index (χ0v) is 10.8. The van der Waals surface area contributed by atoms with Gasteiger partial charge in [-0.05, 0) is 19.1 Å². The molecule has 6 heteroatoms. The topological polar surface area (TPSA) is 58.0 Å². The van der Waals surface area contributed by atoms with E-state index in [4.69, 9.17) is 16.7 Å². The minimum atomic E-state index is 0.265. The van der Waals surface area contributed by atoms with Crippen molar-refractivity contribution in [2.75, 3.05) is 30.0 Å². The van der Waals surface area contributed by atoms with Gasteiger partial charge in [-0.3, -0.25) is 0 Å². The number of nitrogens with one attached hydrogen (secondary N) is 1. The monoisotopic (exact) mass is 261 g/mol. The second-order valence-electron chi connectivity index (χ2n) is 3.25. The summed E-state index contributed by atoms with van der Waals surface area (Å²) in [5.41, 5.74) is 0.879. The quantitative estimate of drug-likeness (QED) is 0.581. The number of aliphatic hydroxyl groups is 1. The van der Waals surface area contributed by atoms with Gasteiger partial charge in [-0.15, -0.1) is 0 Å². The Morgan fingerprint density at radius 3 is 3.00 bits per heavy atom. The van der Waals surface area contributed by atoms with Crippen molar-refractivity contribution in [1.82, 2.24) is 9.97 Å². The van der Waals surface area contributed by atoms with Gasteiger partial charge in [-0.2, -0.15) is 11.8 Å². The van der Waals surface area contributed by atoms with E-state index in [1.807, 2.05) is 18.7 Å². The summed E-state index contributed by atoms with van der Waals surface area (Å²) in [5, 5.41) is 12.3. The van der Waals surface area contributed by atoms with Crippen molar-refractivity contribution in [2.24, 2.45) is 0 Å². The third-order valence-corrected chi connectivity index (χ3v) is 3.46. The predicted molar refractivity (Wildman–Crippen MR) is 69.3 cm³/mol. The fraction of sp³-hybridized carbons (Fsp3) is 0.600. The van der Waals surface area contributed by atoms with E-state index in [1.165, 1.54) is 6.33 Å². The molecule has 0 atom stereocenters. The van der Waals surface area contributed by atoms with Gasteiger partial charge in [0, 0.05) is 24.5 Å². The van der Waals surface area contributed by atoms with Crippen molar-refractivity contribution >= 4 is 29.2 Å². The summed E-state index contributed by atoms with van der Waals surface area (Å²) in [6.07, 6.45) is 2.31. The number of rotatable bonds is 7. The van der Waals surface area contributed by atoms with Crippen LogP contribution in [0.4, 0.5) is 5.82 Å². The highest BCUT2D eigenvalue weighted by Crippen LogP contribution is 2.17. The van der Waals surface area contributed by atoms with Crippen LogP contribution in [-0.2, 0) is 0 Å². The highest BCUT2D eigenvalue weighted by Gasteiger charge is 2.03. The normalized spacial score (nSPS) is 10.4. The van der Waals surface area contributed by atoms with E-state index in [0.29, 0.717) is 5.15 Å². The van der Waals surface area contributed by atoms with Crippen LogP contribution in [0.1, 0.15) is 12.0 Å². The molecule has 0 bridgehead atoms. The lowest BCUT2D eigenvalue weighted by Gasteiger charge is -2.08. The lowest BCUT2D eigenvalue weighted by Crippen LogP contribution is -2.08. The molecule has 1 aromatic heterocycles. The largest absolute Gasteiger partial charge is 0.396 e. The van der Waals surface area contributed by atoms with Gasteiger partial charge in [-0.1, -0.05) is 11.6 Å². The maximum absolute atomic E-state index is 8.61. The zero-order chi connectivity index (χ0) is 11.8. The molecule has 0 saturated heterocycles. The highest BCUT2D eigenvalue weighted by molar-refractivity contribution is 7.99. The van der Waals surface area contributed by atoms with Crippen LogP contribution in [0, 0.1) is 6.92 Å². The van der Waals surface area contributed by atoms with Crippen LogP contribution in [0.5, 0.6) is 0 Å². The number of aromatic nitrogens is 2. The van der Waals surface area contributed by atoms with E-state index >= 15 is 0 Å². The van der Waals surface area contributed by atoms with E-state index < -0.39 is 0 Å². The van der Waals surface area contributed by atoms with Crippen molar-refractivity contribution in [1.29, 1.82) is 0 Å². The fourth-order valence-electron chi connectivity index (χ4n) is 1.12. The molecule has 16 heavy (non-hydrogen) atoms. The van der Waals surface area contributed by atoms with Gasteiger partial charge >= 0.3 is 0 Å². The summed E-state index contributed by atoms with van der Waals surface area (Å²) in [6, 6.07) is 0. The van der Waals surface area contributed by atoms with Gasteiger partial charge < -0.3 is 10.4 Å². The fourth-order valence-corrected chi connectivity index (χ4v) is 2.03. The number of thioether (sulfide) groups is 1. The molecule has 4 nitrogen and oxygen atoms in total. The van der Waals surface area contributed by atoms with Crippen molar-refractivity contribution in [3.8, 4) is 0 Å². The van der Waals surface area contributed by atoms with Crippen LogP contribution in [-0.4, -0.2) is 39.7 Å². The molecule has 0 aliphatic carbocycles. The van der Waals surface area contributed by atoms with Crippen LogP contribution in [0.15, 0.2) is 6.33 Å².